The molecule has 5 heterocycles. The number of anilines is 4. The van der Waals surface area contributed by atoms with Gasteiger partial charge in [0.15, 0.2) is 5.71 Å². The monoisotopic (exact) mass is 1800 g/mol. The lowest BCUT2D eigenvalue weighted by Crippen LogP contribution is -2.46. The van der Waals surface area contributed by atoms with Gasteiger partial charge in [0.1, 0.15) is 41.8 Å². The highest BCUT2D eigenvalue weighted by Crippen LogP contribution is 2.36. The third-order valence-electron chi connectivity index (χ3n) is 25.6. The van der Waals surface area contributed by atoms with E-state index >= 15 is 0 Å². The number of carbonyl (C=O) groups is 3. The largest absolute Gasteiger partial charge is 0.497 e. The summed E-state index contributed by atoms with van der Waals surface area (Å²) in [7, 11) is 6.43. The number of nitrogens with two attached hydrogens (primary N) is 1. The first-order valence-electron chi connectivity index (χ1n) is 48.6. The fraction of sp³-hybridized carbons (Fsp3) is 0.389. The lowest BCUT2D eigenvalue weighted by Gasteiger charge is -2.35. The van der Waals surface area contributed by atoms with Crippen molar-refractivity contribution in [1.82, 2.24) is 19.9 Å². The number of unbranched alkanes of at least 4 members (excludes halogenated alkanes) is 13. The number of likely N-dealkylation sites (tertiary alicyclic amines) is 1. The van der Waals surface area contributed by atoms with Crippen molar-refractivity contribution in [2.45, 2.75) is 185 Å². The van der Waals surface area contributed by atoms with Gasteiger partial charge in [-0.05, 0) is 218 Å². The van der Waals surface area contributed by atoms with Gasteiger partial charge in [0, 0.05) is 146 Å². The van der Waals surface area contributed by atoms with Gasteiger partial charge in [-0.25, -0.2) is 14.5 Å². The number of aromatic amines is 1. The van der Waals surface area contributed by atoms with Gasteiger partial charge < -0.3 is 49.8 Å². The highest BCUT2D eigenvalue weighted by Gasteiger charge is 2.36. The number of hydrogen-bond acceptors (Lipinski definition) is 14. The van der Waals surface area contributed by atoms with Gasteiger partial charge in [-0.2, -0.15) is 4.57 Å². The van der Waals surface area contributed by atoms with Gasteiger partial charge in [-0.3, -0.25) is 19.2 Å². The minimum absolute atomic E-state index is 0.0237. The number of allylic oxidation sites excluding steroid dienone is 12. The number of para-hydroxylation sites is 2. The van der Waals surface area contributed by atoms with E-state index in [1.54, 1.807) is 31.4 Å². The number of methoxy groups -OCH3 is 1. The molecular formula is C113H145ClN13O5+3. The molecule has 132 heavy (non-hydrogen) atoms. The average molecular weight is 1800 g/mol. The fourth-order valence-corrected chi connectivity index (χ4v) is 18.0. The molecule has 0 radical (unpaired) electrons. The number of halogens is 1. The van der Waals surface area contributed by atoms with Crippen molar-refractivity contribution in [3.05, 3.63) is 325 Å². The molecule has 3 aliphatic carbocycles. The van der Waals surface area contributed by atoms with Crippen LogP contribution < -0.4 is 40.2 Å². The third kappa shape index (κ3) is 28.7. The summed E-state index contributed by atoms with van der Waals surface area (Å²) in [4.78, 5) is 70.2. The number of hydrogen-bond donors (Lipinski definition) is 3. The number of benzene rings is 6. The van der Waals surface area contributed by atoms with Crippen LogP contribution in [0.1, 0.15) is 237 Å². The summed E-state index contributed by atoms with van der Waals surface area (Å²) in [6.07, 6.45) is 46.8. The zero-order valence-electron chi connectivity index (χ0n) is 80.9. The number of H-pyrrole nitrogens is 1. The Morgan fingerprint density at radius 3 is 1.73 bits per heavy atom. The van der Waals surface area contributed by atoms with Crippen LogP contribution in [0, 0.1) is 11.3 Å². The summed E-state index contributed by atoms with van der Waals surface area (Å²) in [5, 5.41) is 8.88. The molecule has 1 fully saturated rings. The van der Waals surface area contributed by atoms with Gasteiger partial charge in [0.25, 0.3) is 0 Å². The number of ether oxygens (including phenoxy) is 1. The van der Waals surface area contributed by atoms with Crippen molar-refractivity contribution < 1.29 is 32.7 Å². The lowest BCUT2D eigenvalue weighted by molar-refractivity contribution is -0.889. The number of nitrogens with zero attached hydrogens (tertiary/aromatic N) is 10. The van der Waals surface area contributed by atoms with Crippen molar-refractivity contribution in [3.63, 3.8) is 0 Å². The van der Waals surface area contributed by atoms with Crippen molar-refractivity contribution in [1.29, 1.82) is 5.41 Å². The molecule has 14 rings (SSSR count). The topological polar surface area (TPSA) is 192 Å². The number of piperidine rings is 1. The normalized spacial score (nSPS) is 14.3. The number of quaternary nitrogens is 1. The molecule has 0 spiro atoms. The molecule has 0 amide bonds. The highest BCUT2D eigenvalue weighted by atomic mass is 35.5. The minimum atomic E-state index is -0.436. The number of aryl methyl sites for hydroxylation is 1. The maximum atomic E-state index is 12.6. The summed E-state index contributed by atoms with van der Waals surface area (Å²) >= 11 is 6.19. The summed E-state index contributed by atoms with van der Waals surface area (Å²) in [5.74, 6) is 1.54. The van der Waals surface area contributed by atoms with Gasteiger partial charge in [0.05, 0.1) is 52.2 Å². The molecule has 2 aliphatic heterocycles. The molecule has 0 bridgehead atoms. The Morgan fingerprint density at radius 2 is 1.16 bits per heavy atom. The molecule has 4 N–H and O–H groups in total. The average Bonchev–Trinajstić information content (AvgIpc) is 0.761. The Labute approximate surface area is 792 Å². The molecule has 0 unspecified atom stereocenters. The van der Waals surface area contributed by atoms with Crippen LogP contribution in [0.2, 0.25) is 0 Å². The number of aromatic nitrogens is 4. The first kappa shape index (κ1) is 102. The Bertz CT molecular complexity index is 5540. The van der Waals surface area contributed by atoms with Crippen LogP contribution in [0.25, 0.3) is 28.6 Å². The predicted molar refractivity (Wildman–Crippen MR) is 553 cm³/mol. The predicted octanol–water partition coefficient (Wildman–Crippen LogP) is 23.5. The number of carbonyl (C=O) groups excluding carboxylic acids is 3. The second kappa shape index (κ2) is 52.8. The molecule has 3 aromatic heterocycles. The summed E-state index contributed by atoms with van der Waals surface area (Å²) < 4.78 is 11.1. The number of rotatable bonds is 37. The Morgan fingerprint density at radius 1 is 0.598 bits per heavy atom. The standard InChI is InChI=1S/C32H55N4O.C31H42N3.C25H25N2.C16H16ClNO2.C9H7N3O2/c1-5-6-7-8-9-10-11-12-13-14-15-16-17-18-27-36(2,3)28-26-35(32-33-24-19-25-34-32)29-30-20-22-31(37-4)23-21-30;1-7-32(8-2)28-19-13-25(14-20-28)31(26-15-21-29(22-16-26)33(9-3)10-4)27-17-23-30(24-18-27)34(11-5)12-6;1-3-26-22(18-16-20-10-5-7-14-24(20)26)12-9-13-23-19-17-21-11-6-8-15-25(21)27(23)4-2;1-10-6-8-18(9-7-10)14-13(17)15(19)11-4-2-3-5-12(11)16(14)20;10-5-3-6(11)9(14)8-4(5)1-2-7(13)12-8/h19-25H,5-18,26-29H2,1-4H3;13-24H,7-12H2,1-6H3;5-19H,3-4H2,1-2H3;2-5,10H,6-9H2,1H3;1-3,10H,11H2,(H,12,13)/q3*+1;;. The van der Waals surface area contributed by atoms with Crippen LogP contribution in [0.5, 0.6) is 5.75 Å². The van der Waals surface area contributed by atoms with Crippen LogP contribution in [0.15, 0.2) is 269 Å². The Kier molecular flexibility index (Phi) is 40.8. The number of fused-ring (bicyclic) bond motifs is 4. The van der Waals surface area contributed by atoms with E-state index < -0.39 is 5.78 Å². The van der Waals surface area contributed by atoms with Crippen LogP contribution in [0.4, 0.5) is 23.0 Å². The SMILES string of the molecule is CC1CCN(C2=C(Cl)C(=O)c3ccccc3C2=O)CC1.CCCCCCCCCCCCCCCC[N+](C)(C)CCN(Cc1ccc(OC)cc1)c1ncccn1.CCN(CC)c1ccc(C(=C2C=CC(=[N+](CC)CC)C=C2)c2ccc(N(CC)CC)cc2)cc1.CCN1/C(=C/C=C/c2ccc3ccccc3[n+]2CC)C=Cc2ccccc21.N=C1C=C(N)C(=O)c2[nH]c(=O)ccc21. The molecule has 18 nitrogen and oxygen atoms in total. The van der Waals surface area contributed by atoms with Crippen molar-refractivity contribution in [2.75, 3.05) is 119 Å². The van der Waals surface area contributed by atoms with E-state index in [0.717, 1.165) is 114 Å². The molecule has 5 aliphatic rings. The second-order valence-corrected chi connectivity index (χ2v) is 35.3. The zero-order valence-corrected chi connectivity index (χ0v) is 81.7. The van der Waals surface area contributed by atoms with E-state index in [-0.39, 0.29) is 39.3 Å². The lowest BCUT2D eigenvalue weighted by atomic mass is 9.90. The van der Waals surface area contributed by atoms with E-state index in [2.05, 4.69) is 303 Å². The van der Waals surface area contributed by atoms with Crippen molar-refractivity contribution in [2.24, 2.45) is 11.7 Å². The quantitative estimate of drug-likeness (QED) is 0.0189. The molecule has 0 saturated carbocycles. The molecule has 1 saturated heterocycles. The maximum absolute atomic E-state index is 12.6. The Balaban J connectivity index is 0.000000176. The molecule has 19 heteroatoms. The number of ketones is 3. The fourth-order valence-electron chi connectivity index (χ4n) is 17.6. The Hall–Kier alpha value is -12.1. The van der Waals surface area contributed by atoms with E-state index in [1.165, 1.54) is 193 Å². The summed E-state index contributed by atoms with van der Waals surface area (Å²) in [6.45, 7) is 35.8. The molecule has 696 valence electrons. The van der Waals surface area contributed by atoms with Gasteiger partial charge in [-0.15, -0.1) is 0 Å². The van der Waals surface area contributed by atoms with Gasteiger partial charge in [0.2, 0.25) is 40.1 Å². The number of likely N-dealkylation sites (N-methyl/N-ethyl adjacent to an activating group) is 2. The smallest absolute Gasteiger partial charge is 0.248 e. The summed E-state index contributed by atoms with van der Waals surface area (Å²) in [6, 6.07) is 59.4. The van der Waals surface area contributed by atoms with Crippen LogP contribution in [-0.4, -0.2) is 157 Å². The maximum Gasteiger partial charge on any atom is 0.248 e. The zero-order chi connectivity index (χ0) is 94.3. The van der Waals surface area contributed by atoms with Crippen molar-refractivity contribution in [3.8, 4) is 5.75 Å². The minimum Gasteiger partial charge on any atom is -0.497 e. The molecular weight excluding hydrogens is 1650 g/mol. The number of Topliss-reactive ketones (excluding diaryl/α,β-unsaturated/α-hetero) is 3. The third-order valence-corrected chi connectivity index (χ3v) is 25.9. The van der Waals surface area contributed by atoms with Crippen LogP contribution >= 0.6 is 11.6 Å². The number of nitrogens with one attached hydrogen (secondary N) is 2. The van der Waals surface area contributed by atoms with Gasteiger partial charge in [-0.1, -0.05) is 206 Å². The number of pyridine rings is 2. The molecule has 6 aromatic carbocycles. The molecule has 9 aromatic rings. The first-order valence-corrected chi connectivity index (χ1v) is 48.9. The second-order valence-electron chi connectivity index (χ2n) is 35.0. The van der Waals surface area contributed by atoms with Gasteiger partial charge >= 0.3 is 0 Å². The van der Waals surface area contributed by atoms with Crippen molar-refractivity contribution >= 4 is 92.0 Å². The van der Waals surface area contributed by atoms with Crippen LogP contribution in [-0.2, 0) is 13.1 Å². The van der Waals surface area contributed by atoms with E-state index in [9.17, 15) is 19.2 Å². The molecule has 0 atom stereocenters. The first-order chi connectivity index (χ1) is 64.1. The van der Waals surface area contributed by atoms with E-state index in [0.29, 0.717) is 28.3 Å². The van der Waals surface area contributed by atoms with E-state index in [1.807, 2.05) is 35.5 Å². The van der Waals surface area contributed by atoms with E-state index in [4.69, 9.17) is 27.5 Å². The van der Waals surface area contributed by atoms with Crippen LogP contribution in [0.3, 0.4) is 0 Å². The summed E-state index contributed by atoms with van der Waals surface area (Å²) in [5.41, 5.74) is 23.3. The highest BCUT2D eigenvalue weighted by molar-refractivity contribution is 6.50.